The third kappa shape index (κ3) is 4.39. The van der Waals surface area contributed by atoms with Gasteiger partial charge in [-0.25, -0.2) is 19.9 Å². The van der Waals surface area contributed by atoms with Gasteiger partial charge in [-0.15, -0.1) is 0 Å². The molecule has 270 valence electrons. The average Bonchev–Trinajstić information content (AvgIpc) is 4.03. The normalized spacial score (nSPS) is 12.1. The quantitative estimate of drug-likeness (QED) is 0.178. The van der Waals surface area contributed by atoms with Crippen molar-refractivity contribution >= 4 is 87.7 Å². The molecule has 8 nitrogen and oxygen atoms in total. The number of benzene rings is 7. The second-order valence-corrected chi connectivity index (χ2v) is 14.8. The van der Waals surface area contributed by atoms with Crippen molar-refractivity contribution in [1.82, 2.24) is 29.1 Å². The number of furan rings is 2. The molecule has 0 aliphatic carbocycles. The minimum atomic E-state index is 0.682. The fourth-order valence-corrected chi connectivity index (χ4v) is 9.11. The molecule has 7 aromatic carbocycles. The van der Waals surface area contributed by atoms with E-state index in [2.05, 4.69) is 163 Å². The van der Waals surface area contributed by atoms with Gasteiger partial charge in [0.05, 0.1) is 34.5 Å². The molecule has 0 aliphatic rings. The topological polar surface area (TPSA) is 87.7 Å². The Labute approximate surface area is 328 Å². The lowest BCUT2D eigenvalue weighted by Gasteiger charge is -2.12. The molecule has 0 radical (unpaired) electrons. The van der Waals surface area contributed by atoms with E-state index in [1.165, 1.54) is 32.7 Å². The molecule has 0 fully saturated rings. The predicted octanol–water partition coefficient (Wildman–Crippen LogP) is 12.6. The molecule has 0 atom stereocenters. The van der Waals surface area contributed by atoms with E-state index in [9.17, 15) is 0 Å². The van der Waals surface area contributed by atoms with Gasteiger partial charge < -0.3 is 18.0 Å². The van der Waals surface area contributed by atoms with Crippen molar-refractivity contribution < 1.29 is 8.83 Å². The fourth-order valence-electron chi connectivity index (χ4n) is 9.11. The molecular formula is C50H28N6O2. The first-order valence-corrected chi connectivity index (χ1v) is 19.2. The predicted molar refractivity (Wildman–Crippen MR) is 232 cm³/mol. The maximum atomic E-state index is 6.06. The number of para-hydroxylation sites is 2. The van der Waals surface area contributed by atoms with Gasteiger partial charge in [0.25, 0.3) is 0 Å². The maximum Gasteiger partial charge on any atom is 0.172 e. The molecule has 13 aromatic rings. The Morgan fingerprint density at radius 2 is 0.810 bits per heavy atom. The van der Waals surface area contributed by atoms with Crippen LogP contribution in [-0.4, -0.2) is 29.1 Å². The van der Waals surface area contributed by atoms with Gasteiger partial charge in [0.1, 0.15) is 34.9 Å². The van der Waals surface area contributed by atoms with Crippen LogP contribution in [0.3, 0.4) is 0 Å². The Hall–Kier alpha value is -8.10. The van der Waals surface area contributed by atoms with Crippen molar-refractivity contribution in [2.24, 2.45) is 0 Å². The first kappa shape index (κ1) is 31.1. The number of hydrogen-bond donors (Lipinski definition) is 0. The summed E-state index contributed by atoms with van der Waals surface area (Å²) in [6.07, 6.45) is 6.58. The molecule has 0 unspecified atom stereocenters. The molecule has 0 saturated carbocycles. The van der Waals surface area contributed by atoms with Crippen molar-refractivity contribution in [3.8, 4) is 33.6 Å². The van der Waals surface area contributed by atoms with Gasteiger partial charge in [-0.3, -0.25) is 0 Å². The maximum absolute atomic E-state index is 6.06. The summed E-state index contributed by atoms with van der Waals surface area (Å²) < 4.78 is 16.8. The van der Waals surface area contributed by atoms with E-state index in [1.807, 2.05) is 12.1 Å². The van der Waals surface area contributed by atoms with Crippen LogP contribution in [-0.2, 0) is 0 Å². The van der Waals surface area contributed by atoms with Gasteiger partial charge in [0.2, 0.25) is 0 Å². The van der Waals surface area contributed by atoms with Crippen LogP contribution in [0.25, 0.3) is 121 Å². The molecule has 0 amide bonds. The van der Waals surface area contributed by atoms with Crippen molar-refractivity contribution in [2.75, 3.05) is 0 Å². The van der Waals surface area contributed by atoms with Crippen LogP contribution in [0.15, 0.2) is 179 Å². The third-order valence-corrected chi connectivity index (χ3v) is 11.6. The fraction of sp³-hybridized carbons (Fsp3) is 0. The lowest BCUT2D eigenvalue weighted by molar-refractivity contribution is 0.665. The van der Waals surface area contributed by atoms with E-state index in [1.54, 1.807) is 25.0 Å². The van der Waals surface area contributed by atoms with Crippen LogP contribution in [0.5, 0.6) is 0 Å². The highest BCUT2D eigenvalue weighted by Gasteiger charge is 2.19. The average molecular weight is 745 g/mol. The summed E-state index contributed by atoms with van der Waals surface area (Å²) in [5, 5.41) is 6.70. The summed E-state index contributed by atoms with van der Waals surface area (Å²) in [6.45, 7) is 0. The third-order valence-electron chi connectivity index (χ3n) is 11.6. The second kappa shape index (κ2) is 11.7. The largest absolute Gasteiger partial charge is 0.453 e. The van der Waals surface area contributed by atoms with Gasteiger partial charge in [0, 0.05) is 43.7 Å². The van der Waals surface area contributed by atoms with Gasteiger partial charge >= 0.3 is 0 Å². The number of fused-ring (bicyclic) bond motifs is 12. The molecule has 8 heteroatoms. The molecule has 6 aromatic heterocycles. The zero-order valence-electron chi connectivity index (χ0n) is 30.7. The number of nitrogens with zero attached hydrogens (tertiary/aromatic N) is 6. The Kier molecular flexibility index (Phi) is 6.29. The van der Waals surface area contributed by atoms with Gasteiger partial charge in [-0.05, 0) is 95.1 Å². The van der Waals surface area contributed by atoms with Crippen LogP contribution in [0.1, 0.15) is 0 Å². The SMILES string of the molecule is c1ccc(-c2ccc3c(c2)c2ccccc2n3-c2ccc3oc4cncnc4c3c2)c(-c2ccc3c(c2)c2ccccc2n3-c2ccc3oc4cncnc4c3c2)c1. The first-order chi connectivity index (χ1) is 28.7. The smallest absolute Gasteiger partial charge is 0.172 e. The molecule has 0 bridgehead atoms. The van der Waals surface area contributed by atoms with E-state index in [-0.39, 0.29) is 0 Å². The number of aromatic nitrogens is 6. The molecule has 0 spiro atoms. The molecule has 0 saturated heterocycles. The summed E-state index contributed by atoms with van der Waals surface area (Å²) in [5.41, 5.74) is 15.9. The molecular weight excluding hydrogens is 717 g/mol. The lowest BCUT2D eigenvalue weighted by Crippen LogP contribution is -1.94. The summed E-state index contributed by atoms with van der Waals surface area (Å²) in [7, 11) is 0. The van der Waals surface area contributed by atoms with Crippen LogP contribution in [0.4, 0.5) is 0 Å². The summed E-state index contributed by atoms with van der Waals surface area (Å²) in [4.78, 5) is 17.4. The molecule has 6 heterocycles. The Balaban J connectivity index is 0.963. The highest BCUT2D eigenvalue weighted by molar-refractivity contribution is 6.13. The first-order valence-electron chi connectivity index (χ1n) is 19.2. The van der Waals surface area contributed by atoms with Gasteiger partial charge in [-0.1, -0.05) is 72.8 Å². The number of hydrogen-bond acceptors (Lipinski definition) is 6. The van der Waals surface area contributed by atoms with Crippen LogP contribution in [0.2, 0.25) is 0 Å². The van der Waals surface area contributed by atoms with E-state index in [4.69, 9.17) is 8.83 Å². The highest BCUT2D eigenvalue weighted by Crippen LogP contribution is 2.41. The monoisotopic (exact) mass is 744 g/mol. The zero-order valence-corrected chi connectivity index (χ0v) is 30.7. The van der Waals surface area contributed by atoms with Crippen molar-refractivity contribution in [1.29, 1.82) is 0 Å². The van der Waals surface area contributed by atoms with E-state index >= 15 is 0 Å². The standard InChI is InChI=1S/C50H28N6O2/c1-2-8-34(30-14-18-44-38(22-30)36-10-4-6-12-42(36)56(44)32-16-20-46-40(24-32)50-48(58-46)26-52-28-54-50)33(7-1)29-13-17-43-37(21-29)35-9-3-5-11-41(35)55(43)31-15-19-45-39(23-31)49-47(57-45)25-51-27-53-49/h1-28H. The van der Waals surface area contributed by atoms with Crippen molar-refractivity contribution in [2.45, 2.75) is 0 Å². The van der Waals surface area contributed by atoms with Crippen molar-refractivity contribution in [3.63, 3.8) is 0 Å². The minimum absolute atomic E-state index is 0.682. The highest BCUT2D eigenvalue weighted by atomic mass is 16.3. The molecule has 13 rings (SSSR count). The Bertz CT molecular complexity index is 3580. The van der Waals surface area contributed by atoms with E-state index in [0.29, 0.717) is 11.2 Å². The van der Waals surface area contributed by atoms with Gasteiger partial charge in [0.15, 0.2) is 11.2 Å². The van der Waals surface area contributed by atoms with E-state index in [0.717, 1.165) is 77.5 Å². The van der Waals surface area contributed by atoms with Gasteiger partial charge in [-0.2, -0.15) is 0 Å². The Morgan fingerprint density at radius 1 is 0.362 bits per heavy atom. The van der Waals surface area contributed by atoms with Crippen LogP contribution < -0.4 is 0 Å². The Morgan fingerprint density at radius 3 is 1.31 bits per heavy atom. The second-order valence-electron chi connectivity index (χ2n) is 14.8. The minimum Gasteiger partial charge on any atom is -0.453 e. The summed E-state index contributed by atoms with van der Waals surface area (Å²) in [5.74, 6) is 0. The van der Waals surface area contributed by atoms with Crippen LogP contribution >= 0.6 is 0 Å². The zero-order chi connectivity index (χ0) is 37.9. The molecule has 0 N–H and O–H groups in total. The molecule has 58 heavy (non-hydrogen) atoms. The van der Waals surface area contributed by atoms with Crippen molar-refractivity contribution in [3.05, 3.63) is 171 Å². The summed E-state index contributed by atoms with van der Waals surface area (Å²) >= 11 is 0. The summed E-state index contributed by atoms with van der Waals surface area (Å²) in [6, 6.07) is 52.3. The van der Waals surface area contributed by atoms with Crippen LogP contribution in [0, 0.1) is 0 Å². The van der Waals surface area contributed by atoms with E-state index < -0.39 is 0 Å². The number of rotatable bonds is 4. The lowest BCUT2D eigenvalue weighted by atomic mass is 9.93. The molecule has 0 aliphatic heterocycles.